The van der Waals surface area contributed by atoms with Gasteiger partial charge in [-0.25, -0.2) is 9.97 Å². The van der Waals surface area contributed by atoms with Crippen LogP contribution in [0.1, 0.15) is 42.1 Å². The predicted octanol–water partition coefficient (Wildman–Crippen LogP) is 4.90. The van der Waals surface area contributed by atoms with Gasteiger partial charge in [0.1, 0.15) is 0 Å². The van der Waals surface area contributed by atoms with Crippen LogP contribution in [-0.4, -0.2) is 26.4 Å². The molecule has 4 aromatic rings. The van der Waals surface area contributed by atoms with Crippen LogP contribution in [0.15, 0.2) is 53.4 Å². The maximum absolute atomic E-state index is 5.45. The molecule has 1 aromatic carbocycles. The van der Waals surface area contributed by atoms with Crippen molar-refractivity contribution in [3.8, 4) is 11.6 Å². The molecule has 1 aliphatic heterocycles. The lowest BCUT2D eigenvalue weighted by Crippen LogP contribution is -2.31. The number of nitrogens with zero attached hydrogens (tertiary/aromatic N) is 3. The van der Waals surface area contributed by atoms with Gasteiger partial charge in [0.05, 0.1) is 12.0 Å². The molecule has 0 amide bonds. The normalized spacial score (nSPS) is 14.7. The number of H-pyrrole nitrogens is 1. The third-order valence-electron chi connectivity index (χ3n) is 5.62. The highest BCUT2D eigenvalue weighted by molar-refractivity contribution is 5.83. The van der Waals surface area contributed by atoms with Crippen molar-refractivity contribution in [2.45, 2.75) is 39.3 Å². The van der Waals surface area contributed by atoms with Crippen molar-refractivity contribution in [2.24, 2.45) is 0 Å². The minimum absolute atomic E-state index is 0.540. The van der Waals surface area contributed by atoms with E-state index in [4.69, 9.17) is 9.40 Å². The highest BCUT2D eigenvalue weighted by Crippen LogP contribution is 2.27. The third-order valence-corrected chi connectivity index (χ3v) is 5.62. The topological polar surface area (TPSA) is 58.0 Å². The molecule has 1 N–H and O–H groups in total. The molecule has 0 unspecified atom stereocenters. The fourth-order valence-corrected chi connectivity index (χ4v) is 3.95. The van der Waals surface area contributed by atoms with Crippen molar-refractivity contribution >= 4 is 10.9 Å². The van der Waals surface area contributed by atoms with Crippen molar-refractivity contribution in [1.82, 2.24) is 19.9 Å². The molecular formula is C23H24N4O. The second-order valence-corrected chi connectivity index (χ2v) is 7.88. The molecule has 5 rings (SSSR count). The molecule has 4 heterocycles. The molecule has 0 aliphatic carbocycles. The summed E-state index contributed by atoms with van der Waals surface area (Å²) in [5, 5.41) is 1.31. The summed E-state index contributed by atoms with van der Waals surface area (Å²) in [6, 6.07) is 10.5. The highest BCUT2D eigenvalue weighted by atomic mass is 16.3. The maximum Gasteiger partial charge on any atom is 0.195 e. The molecule has 3 aromatic heterocycles. The average molecular weight is 372 g/mol. The molecule has 0 saturated heterocycles. The standard InChI is InChI=1S/C23H24N4O/c1-15(2)16-5-6-19-18(12-24-20(19)10-16)13-27-8-7-17-11-25-23(26-21(17)14-27)22-4-3-9-28-22/h3-6,9-12,15,24H,7-8,13-14H2,1-2H3. The number of aromatic amines is 1. The molecule has 1 aliphatic rings. The largest absolute Gasteiger partial charge is 0.461 e. The molecule has 0 bridgehead atoms. The lowest BCUT2D eigenvalue weighted by atomic mass is 10.0. The fraction of sp³-hybridized carbons (Fsp3) is 0.304. The van der Waals surface area contributed by atoms with E-state index in [0.29, 0.717) is 11.7 Å². The fourth-order valence-electron chi connectivity index (χ4n) is 3.95. The maximum atomic E-state index is 5.45. The van der Waals surface area contributed by atoms with Crippen LogP contribution in [0, 0.1) is 0 Å². The van der Waals surface area contributed by atoms with Gasteiger partial charge in [0.2, 0.25) is 0 Å². The number of hydrogen-bond donors (Lipinski definition) is 1. The summed E-state index contributed by atoms with van der Waals surface area (Å²) < 4.78 is 5.45. The van der Waals surface area contributed by atoms with E-state index in [1.54, 1.807) is 6.26 Å². The van der Waals surface area contributed by atoms with Crippen molar-refractivity contribution in [3.63, 3.8) is 0 Å². The molecule has 0 saturated carbocycles. The van der Waals surface area contributed by atoms with Crippen molar-refractivity contribution < 1.29 is 4.42 Å². The van der Waals surface area contributed by atoms with Gasteiger partial charge in [-0.05, 0) is 47.2 Å². The number of nitrogens with one attached hydrogen (secondary N) is 1. The Kier molecular flexibility index (Phi) is 4.24. The number of rotatable bonds is 4. The first-order valence-corrected chi connectivity index (χ1v) is 9.88. The summed E-state index contributed by atoms with van der Waals surface area (Å²) in [5.41, 5.74) is 6.28. The van der Waals surface area contributed by atoms with Crippen LogP contribution in [-0.2, 0) is 19.5 Å². The van der Waals surface area contributed by atoms with Crippen LogP contribution in [0.5, 0.6) is 0 Å². The molecule has 0 fully saturated rings. The monoisotopic (exact) mass is 372 g/mol. The predicted molar refractivity (Wildman–Crippen MR) is 110 cm³/mol. The Balaban J connectivity index is 1.38. The summed E-state index contributed by atoms with van der Waals surface area (Å²) in [7, 11) is 0. The first-order chi connectivity index (χ1) is 13.7. The molecule has 0 radical (unpaired) electrons. The van der Waals surface area contributed by atoms with Gasteiger partial charge in [-0.3, -0.25) is 4.90 Å². The van der Waals surface area contributed by atoms with E-state index in [9.17, 15) is 0 Å². The first-order valence-electron chi connectivity index (χ1n) is 9.88. The lowest BCUT2D eigenvalue weighted by molar-refractivity contribution is 0.242. The zero-order valence-electron chi connectivity index (χ0n) is 16.3. The molecule has 5 nitrogen and oxygen atoms in total. The van der Waals surface area contributed by atoms with E-state index in [1.807, 2.05) is 18.3 Å². The Labute approximate surface area is 164 Å². The van der Waals surface area contributed by atoms with Gasteiger partial charge in [0, 0.05) is 42.9 Å². The summed E-state index contributed by atoms with van der Waals surface area (Å²) in [6.45, 7) is 7.24. The van der Waals surface area contributed by atoms with Gasteiger partial charge in [0.15, 0.2) is 11.6 Å². The summed E-state index contributed by atoms with van der Waals surface area (Å²) in [5.74, 6) is 1.93. The Morgan fingerprint density at radius 3 is 3.00 bits per heavy atom. The van der Waals surface area contributed by atoms with Crippen LogP contribution in [0.3, 0.4) is 0 Å². The average Bonchev–Trinajstić information content (AvgIpc) is 3.37. The number of aromatic nitrogens is 3. The second-order valence-electron chi connectivity index (χ2n) is 7.88. The molecule has 28 heavy (non-hydrogen) atoms. The van der Waals surface area contributed by atoms with E-state index < -0.39 is 0 Å². The molecule has 0 spiro atoms. The van der Waals surface area contributed by atoms with Gasteiger partial charge in [-0.15, -0.1) is 0 Å². The molecular weight excluding hydrogens is 348 g/mol. The van der Waals surface area contributed by atoms with E-state index in [2.05, 4.69) is 53.1 Å². The first kappa shape index (κ1) is 17.2. The van der Waals surface area contributed by atoms with Crippen molar-refractivity contribution in [2.75, 3.05) is 6.54 Å². The van der Waals surface area contributed by atoms with E-state index in [-0.39, 0.29) is 0 Å². The van der Waals surface area contributed by atoms with Crippen LogP contribution >= 0.6 is 0 Å². The second kappa shape index (κ2) is 6.91. The SMILES string of the molecule is CC(C)c1ccc2c(CN3CCc4cnc(-c5ccco5)nc4C3)c[nH]c2c1. The molecule has 0 atom stereocenters. The van der Waals surface area contributed by atoms with Crippen LogP contribution in [0.2, 0.25) is 0 Å². The lowest BCUT2D eigenvalue weighted by Gasteiger charge is -2.27. The number of benzene rings is 1. The van der Waals surface area contributed by atoms with Crippen LogP contribution in [0.4, 0.5) is 0 Å². The number of furan rings is 1. The smallest absolute Gasteiger partial charge is 0.195 e. The summed E-state index contributed by atoms with van der Waals surface area (Å²) >= 11 is 0. The zero-order valence-corrected chi connectivity index (χ0v) is 16.3. The number of fused-ring (bicyclic) bond motifs is 2. The van der Waals surface area contributed by atoms with Gasteiger partial charge in [-0.1, -0.05) is 26.0 Å². The Morgan fingerprint density at radius 1 is 1.25 bits per heavy atom. The van der Waals surface area contributed by atoms with Gasteiger partial charge in [-0.2, -0.15) is 0 Å². The van der Waals surface area contributed by atoms with E-state index in [0.717, 1.165) is 37.5 Å². The summed E-state index contributed by atoms with van der Waals surface area (Å²) in [4.78, 5) is 15.2. The van der Waals surface area contributed by atoms with Crippen LogP contribution < -0.4 is 0 Å². The van der Waals surface area contributed by atoms with E-state index >= 15 is 0 Å². The Bertz CT molecular complexity index is 1110. The molecule has 142 valence electrons. The van der Waals surface area contributed by atoms with E-state index in [1.165, 1.54) is 27.6 Å². The quantitative estimate of drug-likeness (QED) is 0.553. The summed E-state index contributed by atoms with van der Waals surface area (Å²) in [6.07, 6.45) is 6.75. The molecule has 5 heteroatoms. The minimum atomic E-state index is 0.540. The zero-order chi connectivity index (χ0) is 19.1. The minimum Gasteiger partial charge on any atom is -0.461 e. The number of hydrogen-bond acceptors (Lipinski definition) is 4. The van der Waals surface area contributed by atoms with Crippen molar-refractivity contribution in [3.05, 3.63) is 71.4 Å². The van der Waals surface area contributed by atoms with Gasteiger partial charge in [0.25, 0.3) is 0 Å². The Hall–Kier alpha value is -2.92. The van der Waals surface area contributed by atoms with Crippen molar-refractivity contribution in [1.29, 1.82) is 0 Å². The highest BCUT2D eigenvalue weighted by Gasteiger charge is 2.20. The van der Waals surface area contributed by atoms with Gasteiger partial charge < -0.3 is 9.40 Å². The Morgan fingerprint density at radius 2 is 2.18 bits per heavy atom. The third kappa shape index (κ3) is 3.12. The van der Waals surface area contributed by atoms with Crippen LogP contribution in [0.25, 0.3) is 22.5 Å². The van der Waals surface area contributed by atoms with Gasteiger partial charge >= 0.3 is 0 Å².